The number of benzene rings is 1. The molecule has 5 nitrogen and oxygen atoms in total. The molecule has 1 atom stereocenters. The van der Waals surface area contributed by atoms with Crippen LogP contribution in [0.2, 0.25) is 0 Å². The lowest BCUT2D eigenvalue weighted by Gasteiger charge is -2.34. The summed E-state index contributed by atoms with van der Waals surface area (Å²) in [5.41, 5.74) is 3.63. The summed E-state index contributed by atoms with van der Waals surface area (Å²) in [6.45, 7) is 4.32. The van der Waals surface area contributed by atoms with Crippen LogP contribution in [0.3, 0.4) is 0 Å². The van der Waals surface area contributed by atoms with Gasteiger partial charge in [0.2, 0.25) is 0 Å². The van der Waals surface area contributed by atoms with Crippen LogP contribution in [0, 0.1) is 5.92 Å². The lowest BCUT2D eigenvalue weighted by molar-refractivity contribution is 0.273. The number of fused-ring (bicyclic) bond motifs is 1. The van der Waals surface area contributed by atoms with Crippen LogP contribution in [0.15, 0.2) is 79.3 Å². The monoisotopic (exact) mass is 383 g/mol. The highest BCUT2D eigenvalue weighted by Gasteiger charge is 2.36. The van der Waals surface area contributed by atoms with Gasteiger partial charge in [-0.05, 0) is 61.4 Å². The van der Waals surface area contributed by atoms with Gasteiger partial charge in [0.05, 0.1) is 5.70 Å². The van der Waals surface area contributed by atoms with Crippen molar-refractivity contribution in [1.82, 2.24) is 19.7 Å². The Labute approximate surface area is 171 Å². The molecule has 0 radical (unpaired) electrons. The summed E-state index contributed by atoms with van der Waals surface area (Å²) < 4.78 is 2.34. The zero-order chi connectivity index (χ0) is 19.4. The standard InChI is InChI=1S/C24H25N5/c1-17-27-13-3-2-9-22(27)15-28(17)21-10-5-8-19(14-21)23(18-6-4-7-18)24-26-25-16-29(24)20-11-12-20/h2-3,5,8-10,13-16,18,20,23H,1,4,6-7,11-12H2. The van der Waals surface area contributed by atoms with Gasteiger partial charge in [0.25, 0.3) is 0 Å². The summed E-state index contributed by atoms with van der Waals surface area (Å²) >= 11 is 0. The number of hydrogen-bond donors (Lipinski definition) is 0. The summed E-state index contributed by atoms with van der Waals surface area (Å²) in [7, 11) is 0. The minimum absolute atomic E-state index is 0.317. The van der Waals surface area contributed by atoms with Crippen molar-refractivity contribution in [3.63, 3.8) is 0 Å². The highest BCUT2D eigenvalue weighted by molar-refractivity contribution is 5.61. The van der Waals surface area contributed by atoms with Crippen LogP contribution in [-0.2, 0) is 0 Å². The Kier molecular flexibility index (Phi) is 3.76. The maximum absolute atomic E-state index is 4.60. The first-order valence-electron chi connectivity index (χ1n) is 10.6. The molecule has 3 heterocycles. The van der Waals surface area contributed by atoms with Crippen LogP contribution >= 0.6 is 0 Å². The third-order valence-electron chi connectivity index (χ3n) is 6.66. The minimum Gasteiger partial charge on any atom is -0.314 e. The molecular weight excluding hydrogens is 358 g/mol. The van der Waals surface area contributed by atoms with E-state index >= 15 is 0 Å². The molecule has 0 saturated heterocycles. The zero-order valence-corrected chi connectivity index (χ0v) is 16.5. The van der Waals surface area contributed by atoms with E-state index in [4.69, 9.17) is 0 Å². The highest BCUT2D eigenvalue weighted by Crippen LogP contribution is 2.46. The van der Waals surface area contributed by atoms with Crippen LogP contribution < -0.4 is 4.90 Å². The van der Waals surface area contributed by atoms with E-state index in [9.17, 15) is 0 Å². The molecule has 1 aromatic heterocycles. The van der Waals surface area contributed by atoms with Crippen LogP contribution in [0.4, 0.5) is 5.69 Å². The highest BCUT2D eigenvalue weighted by atomic mass is 15.4. The number of rotatable bonds is 5. The van der Waals surface area contributed by atoms with Crippen molar-refractivity contribution in [2.45, 2.75) is 44.1 Å². The molecule has 0 spiro atoms. The molecule has 29 heavy (non-hydrogen) atoms. The van der Waals surface area contributed by atoms with E-state index in [1.807, 2.05) is 12.4 Å². The van der Waals surface area contributed by atoms with Gasteiger partial charge in [-0.15, -0.1) is 10.2 Å². The molecule has 1 aromatic carbocycles. The van der Waals surface area contributed by atoms with E-state index in [0.29, 0.717) is 17.9 Å². The Bertz CT molecular complexity index is 1050. The van der Waals surface area contributed by atoms with Gasteiger partial charge in [-0.3, -0.25) is 0 Å². The first kappa shape index (κ1) is 16.8. The first-order chi connectivity index (χ1) is 14.3. The van der Waals surface area contributed by atoms with Crippen molar-refractivity contribution >= 4 is 5.69 Å². The third kappa shape index (κ3) is 2.76. The average molecular weight is 383 g/mol. The Balaban J connectivity index is 1.38. The van der Waals surface area contributed by atoms with Gasteiger partial charge >= 0.3 is 0 Å². The van der Waals surface area contributed by atoms with Crippen LogP contribution in [0.25, 0.3) is 0 Å². The van der Waals surface area contributed by atoms with E-state index in [0.717, 1.165) is 23.0 Å². The van der Waals surface area contributed by atoms with Gasteiger partial charge in [-0.1, -0.05) is 31.2 Å². The van der Waals surface area contributed by atoms with E-state index in [1.54, 1.807) is 0 Å². The molecule has 2 fully saturated rings. The predicted octanol–water partition coefficient (Wildman–Crippen LogP) is 5.06. The van der Waals surface area contributed by atoms with Gasteiger partial charge in [0, 0.05) is 30.0 Å². The molecule has 2 aliphatic carbocycles. The van der Waals surface area contributed by atoms with E-state index in [2.05, 4.69) is 80.0 Å². The fourth-order valence-corrected chi connectivity index (χ4v) is 4.72. The number of hydrogen-bond acceptors (Lipinski definition) is 4. The van der Waals surface area contributed by atoms with Gasteiger partial charge in [-0.25, -0.2) is 0 Å². The smallest absolute Gasteiger partial charge is 0.140 e. The number of allylic oxidation sites excluding steroid dienone is 3. The third-order valence-corrected chi connectivity index (χ3v) is 6.66. The van der Waals surface area contributed by atoms with E-state index in [-0.39, 0.29) is 0 Å². The fourth-order valence-electron chi connectivity index (χ4n) is 4.72. The van der Waals surface area contributed by atoms with Crippen molar-refractivity contribution in [3.05, 3.63) is 90.7 Å². The molecule has 0 amide bonds. The largest absolute Gasteiger partial charge is 0.314 e. The molecule has 2 aromatic rings. The summed E-state index contributed by atoms with van der Waals surface area (Å²) in [5.74, 6) is 3.08. The first-order valence-corrected chi connectivity index (χ1v) is 10.6. The van der Waals surface area contributed by atoms with Crippen LogP contribution in [-0.4, -0.2) is 19.7 Å². The SMILES string of the molecule is C=C1N2C=CC=CC2=CN1c1cccc(C(c2nncn2C2CC2)C2CCC2)c1. The normalized spacial score (nSPS) is 21.9. The second kappa shape index (κ2) is 6.48. The molecule has 6 rings (SSSR count). The number of anilines is 1. The second-order valence-electron chi connectivity index (χ2n) is 8.50. The molecule has 0 N–H and O–H groups in total. The van der Waals surface area contributed by atoms with E-state index in [1.165, 1.54) is 37.7 Å². The molecular formula is C24H25N5. The van der Waals surface area contributed by atoms with Crippen molar-refractivity contribution in [1.29, 1.82) is 0 Å². The molecule has 2 aliphatic heterocycles. The number of aromatic nitrogens is 3. The molecule has 5 heteroatoms. The van der Waals surface area contributed by atoms with Crippen molar-refractivity contribution in [2.75, 3.05) is 4.90 Å². The maximum atomic E-state index is 4.60. The van der Waals surface area contributed by atoms with Gasteiger partial charge < -0.3 is 14.4 Å². The lowest BCUT2D eigenvalue weighted by atomic mass is 9.72. The van der Waals surface area contributed by atoms with E-state index < -0.39 is 0 Å². The Morgan fingerprint density at radius 3 is 2.72 bits per heavy atom. The Morgan fingerprint density at radius 2 is 1.97 bits per heavy atom. The molecule has 1 unspecified atom stereocenters. The molecule has 0 bridgehead atoms. The quantitative estimate of drug-likeness (QED) is 0.723. The Morgan fingerprint density at radius 1 is 1.07 bits per heavy atom. The second-order valence-corrected chi connectivity index (χ2v) is 8.50. The fraction of sp³-hybridized carbons (Fsp3) is 0.333. The van der Waals surface area contributed by atoms with Crippen LogP contribution in [0.5, 0.6) is 0 Å². The van der Waals surface area contributed by atoms with Crippen molar-refractivity contribution in [3.8, 4) is 0 Å². The van der Waals surface area contributed by atoms with Crippen LogP contribution in [0.1, 0.15) is 55.5 Å². The molecule has 2 saturated carbocycles. The van der Waals surface area contributed by atoms with Crippen molar-refractivity contribution in [2.24, 2.45) is 5.92 Å². The molecule has 4 aliphatic rings. The lowest BCUT2D eigenvalue weighted by Crippen LogP contribution is -2.25. The number of nitrogens with zero attached hydrogens (tertiary/aromatic N) is 5. The van der Waals surface area contributed by atoms with Gasteiger partial charge in [0.1, 0.15) is 18.0 Å². The Hall–Kier alpha value is -3.08. The summed E-state index contributed by atoms with van der Waals surface area (Å²) in [5, 5.41) is 8.89. The topological polar surface area (TPSA) is 37.2 Å². The summed E-state index contributed by atoms with van der Waals surface area (Å²) in [6.07, 6.45) is 18.7. The molecule has 146 valence electrons. The van der Waals surface area contributed by atoms with Crippen molar-refractivity contribution < 1.29 is 0 Å². The summed E-state index contributed by atoms with van der Waals surface area (Å²) in [4.78, 5) is 4.31. The minimum atomic E-state index is 0.317. The summed E-state index contributed by atoms with van der Waals surface area (Å²) in [6, 6.07) is 9.52. The van der Waals surface area contributed by atoms with Gasteiger partial charge in [0.15, 0.2) is 0 Å². The average Bonchev–Trinajstić information content (AvgIpc) is 3.35. The predicted molar refractivity (Wildman–Crippen MR) is 114 cm³/mol. The van der Waals surface area contributed by atoms with Gasteiger partial charge in [-0.2, -0.15) is 0 Å². The zero-order valence-electron chi connectivity index (χ0n) is 16.5. The maximum Gasteiger partial charge on any atom is 0.140 e.